The molecule has 3 rings (SSSR count). The lowest BCUT2D eigenvalue weighted by molar-refractivity contribution is -0.133. The SMILES string of the molecule is Cc1occc1-c1nnc(SCC(=O)O)n1/N=C\c1ccc(F)cc1F. The summed E-state index contributed by atoms with van der Waals surface area (Å²) in [6, 6.07) is 4.76. The van der Waals surface area contributed by atoms with Crippen LogP contribution in [0.15, 0.2) is 45.2 Å². The number of hydrogen-bond donors (Lipinski definition) is 1. The van der Waals surface area contributed by atoms with Gasteiger partial charge in [0, 0.05) is 11.6 Å². The van der Waals surface area contributed by atoms with E-state index in [1.54, 1.807) is 13.0 Å². The van der Waals surface area contributed by atoms with Crippen molar-refractivity contribution < 1.29 is 23.1 Å². The predicted molar refractivity (Wildman–Crippen MR) is 90.2 cm³/mol. The number of thioether (sulfide) groups is 1. The van der Waals surface area contributed by atoms with E-state index in [1.165, 1.54) is 23.2 Å². The zero-order valence-electron chi connectivity index (χ0n) is 13.4. The van der Waals surface area contributed by atoms with Crippen molar-refractivity contribution in [2.75, 3.05) is 5.75 Å². The topological polar surface area (TPSA) is 93.5 Å². The summed E-state index contributed by atoms with van der Waals surface area (Å²) in [5.74, 6) is -1.87. The fraction of sp³-hybridized carbons (Fsp3) is 0.125. The van der Waals surface area contributed by atoms with Crippen LogP contribution in [0.3, 0.4) is 0 Å². The Balaban J connectivity index is 2.01. The van der Waals surface area contributed by atoms with Gasteiger partial charge in [0.25, 0.3) is 0 Å². The van der Waals surface area contributed by atoms with Crippen molar-refractivity contribution in [1.29, 1.82) is 0 Å². The molecule has 134 valence electrons. The van der Waals surface area contributed by atoms with Crippen LogP contribution in [0, 0.1) is 18.6 Å². The summed E-state index contributed by atoms with van der Waals surface area (Å²) < 4.78 is 33.3. The molecule has 3 aromatic rings. The monoisotopic (exact) mass is 378 g/mol. The van der Waals surface area contributed by atoms with E-state index >= 15 is 0 Å². The van der Waals surface area contributed by atoms with Gasteiger partial charge in [-0.15, -0.1) is 10.2 Å². The van der Waals surface area contributed by atoms with Crippen molar-refractivity contribution in [1.82, 2.24) is 14.9 Å². The second-order valence-corrected chi connectivity index (χ2v) is 6.04. The molecule has 0 aliphatic carbocycles. The Bertz CT molecular complexity index is 984. The van der Waals surface area contributed by atoms with Gasteiger partial charge in [-0.25, -0.2) is 8.78 Å². The van der Waals surface area contributed by atoms with Gasteiger partial charge >= 0.3 is 5.97 Å². The summed E-state index contributed by atoms with van der Waals surface area (Å²) >= 11 is 0.913. The van der Waals surface area contributed by atoms with Gasteiger partial charge in [0.1, 0.15) is 17.4 Å². The smallest absolute Gasteiger partial charge is 0.313 e. The average molecular weight is 378 g/mol. The second-order valence-electron chi connectivity index (χ2n) is 5.10. The van der Waals surface area contributed by atoms with E-state index in [2.05, 4.69) is 15.3 Å². The van der Waals surface area contributed by atoms with Crippen LogP contribution in [0.25, 0.3) is 11.4 Å². The molecule has 0 aliphatic heterocycles. The molecular weight excluding hydrogens is 366 g/mol. The minimum absolute atomic E-state index is 0.0594. The fourth-order valence-electron chi connectivity index (χ4n) is 2.10. The van der Waals surface area contributed by atoms with Crippen LogP contribution in [0.4, 0.5) is 8.78 Å². The molecule has 2 aromatic heterocycles. The molecule has 1 N–H and O–H groups in total. The highest BCUT2D eigenvalue weighted by Crippen LogP contribution is 2.27. The first kappa shape index (κ1) is 17.8. The van der Waals surface area contributed by atoms with Crippen LogP contribution in [0.2, 0.25) is 0 Å². The Morgan fingerprint density at radius 3 is 2.85 bits per heavy atom. The largest absolute Gasteiger partial charge is 0.481 e. The second kappa shape index (κ2) is 7.48. The Hall–Kier alpha value is -3.01. The van der Waals surface area contributed by atoms with E-state index in [0.29, 0.717) is 17.1 Å². The summed E-state index contributed by atoms with van der Waals surface area (Å²) in [6.45, 7) is 1.72. The van der Waals surface area contributed by atoms with E-state index < -0.39 is 17.6 Å². The molecule has 0 unspecified atom stereocenters. The molecule has 0 radical (unpaired) electrons. The molecule has 0 aliphatic rings. The van der Waals surface area contributed by atoms with E-state index in [-0.39, 0.29) is 16.5 Å². The number of carboxylic acid groups (broad SMARTS) is 1. The number of furan rings is 1. The van der Waals surface area contributed by atoms with Gasteiger partial charge in [0.05, 0.1) is 23.8 Å². The third-order valence-electron chi connectivity index (χ3n) is 3.31. The van der Waals surface area contributed by atoms with Crippen LogP contribution in [0.5, 0.6) is 0 Å². The number of carbonyl (C=O) groups is 1. The maximum atomic E-state index is 13.8. The van der Waals surface area contributed by atoms with E-state index in [0.717, 1.165) is 23.9 Å². The molecule has 0 spiro atoms. The molecule has 7 nitrogen and oxygen atoms in total. The number of aryl methyl sites for hydroxylation is 1. The van der Waals surface area contributed by atoms with Gasteiger partial charge in [-0.3, -0.25) is 4.79 Å². The molecular formula is C16H12F2N4O3S. The van der Waals surface area contributed by atoms with Crippen molar-refractivity contribution in [3.05, 3.63) is 53.5 Å². The highest BCUT2D eigenvalue weighted by molar-refractivity contribution is 7.99. The Kier molecular flexibility index (Phi) is 5.12. The highest BCUT2D eigenvalue weighted by atomic mass is 32.2. The maximum Gasteiger partial charge on any atom is 0.313 e. The average Bonchev–Trinajstić information content (AvgIpc) is 3.17. The minimum Gasteiger partial charge on any atom is -0.481 e. The maximum absolute atomic E-state index is 13.8. The number of aliphatic carboxylic acids is 1. The van der Waals surface area contributed by atoms with Gasteiger partial charge in [-0.1, -0.05) is 11.8 Å². The van der Waals surface area contributed by atoms with Crippen molar-refractivity contribution >= 4 is 23.9 Å². The first-order valence-electron chi connectivity index (χ1n) is 7.29. The van der Waals surface area contributed by atoms with Gasteiger partial charge in [-0.2, -0.15) is 9.78 Å². The van der Waals surface area contributed by atoms with Crippen molar-refractivity contribution in [3.8, 4) is 11.4 Å². The Labute approximate surface area is 150 Å². The molecule has 26 heavy (non-hydrogen) atoms. The van der Waals surface area contributed by atoms with E-state index in [4.69, 9.17) is 9.52 Å². The van der Waals surface area contributed by atoms with E-state index in [9.17, 15) is 13.6 Å². The number of hydrogen-bond acceptors (Lipinski definition) is 6. The number of aromatic nitrogens is 3. The van der Waals surface area contributed by atoms with Gasteiger partial charge in [0.15, 0.2) is 5.82 Å². The Morgan fingerprint density at radius 2 is 2.19 bits per heavy atom. The molecule has 1 aromatic carbocycles. The molecule has 0 bridgehead atoms. The lowest BCUT2D eigenvalue weighted by Crippen LogP contribution is -2.02. The zero-order chi connectivity index (χ0) is 18.7. The first-order valence-corrected chi connectivity index (χ1v) is 8.28. The number of carboxylic acids is 1. The fourth-order valence-corrected chi connectivity index (χ4v) is 2.70. The van der Waals surface area contributed by atoms with Gasteiger partial charge in [0.2, 0.25) is 5.16 Å². The van der Waals surface area contributed by atoms with Crippen molar-refractivity contribution in [2.24, 2.45) is 5.10 Å². The summed E-state index contributed by atoms with van der Waals surface area (Å²) in [4.78, 5) is 10.8. The van der Waals surface area contributed by atoms with Crippen molar-refractivity contribution in [2.45, 2.75) is 12.1 Å². The van der Waals surface area contributed by atoms with Crippen LogP contribution in [0.1, 0.15) is 11.3 Å². The zero-order valence-corrected chi connectivity index (χ0v) is 14.2. The summed E-state index contributed by atoms with van der Waals surface area (Å²) in [5.41, 5.74) is 0.667. The lowest BCUT2D eigenvalue weighted by Gasteiger charge is -2.03. The normalized spacial score (nSPS) is 11.3. The summed E-state index contributed by atoms with van der Waals surface area (Å²) in [5, 5.41) is 21.2. The third-order valence-corrected chi connectivity index (χ3v) is 4.22. The lowest BCUT2D eigenvalue weighted by atomic mass is 10.2. The van der Waals surface area contributed by atoms with Crippen LogP contribution in [-0.2, 0) is 4.79 Å². The highest BCUT2D eigenvalue weighted by Gasteiger charge is 2.18. The molecule has 0 fully saturated rings. The van der Waals surface area contributed by atoms with Gasteiger partial charge < -0.3 is 9.52 Å². The van der Waals surface area contributed by atoms with Gasteiger partial charge in [-0.05, 0) is 25.1 Å². The molecule has 2 heterocycles. The molecule has 10 heteroatoms. The molecule has 0 atom stereocenters. The molecule has 0 saturated carbocycles. The first-order chi connectivity index (χ1) is 12.5. The number of halogens is 2. The number of nitrogens with zero attached hydrogens (tertiary/aromatic N) is 4. The summed E-state index contributed by atoms with van der Waals surface area (Å²) in [7, 11) is 0. The predicted octanol–water partition coefficient (Wildman–Crippen LogP) is 3.18. The van der Waals surface area contributed by atoms with E-state index in [1.807, 2.05) is 0 Å². The standard InChI is InChI=1S/C16H12F2N4O3S/c1-9-12(4-5-25-9)15-20-21-16(26-8-14(23)24)22(15)19-7-10-2-3-11(17)6-13(10)18/h2-7H,8H2,1H3,(H,23,24)/b19-7-. The summed E-state index contributed by atoms with van der Waals surface area (Å²) in [6.07, 6.45) is 2.65. The van der Waals surface area contributed by atoms with Crippen LogP contribution < -0.4 is 0 Å². The minimum atomic E-state index is -1.03. The number of rotatable bonds is 6. The van der Waals surface area contributed by atoms with Crippen molar-refractivity contribution in [3.63, 3.8) is 0 Å². The van der Waals surface area contributed by atoms with Crippen LogP contribution >= 0.6 is 11.8 Å². The molecule has 0 saturated heterocycles. The quantitative estimate of drug-likeness (QED) is 0.523. The molecule has 0 amide bonds. The Morgan fingerprint density at radius 1 is 1.38 bits per heavy atom. The third kappa shape index (κ3) is 3.80. The number of benzene rings is 1. The van der Waals surface area contributed by atoms with Crippen LogP contribution in [-0.4, -0.2) is 37.9 Å².